The molecule has 0 spiro atoms. The number of anilines is 2. The van der Waals surface area contributed by atoms with Gasteiger partial charge in [-0.3, -0.25) is 0 Å². The van der Waals surface area contributed by atoms with Gasteiger partial charge in [-0.2, -0.15) is 0 Å². The number of nitrogens with zero attached hydrogens (tertiary/aromatic N) is 2. The molecule has 2 heterocycles. The zero-order valence-electron chi connectivity index (χ0n) is 14.0. The molecular weight excluding hydrogens is 350 g/mol. The molecule has 2 aromatic heterocycles. The molecule has 0 radical (unpaired) electrons. The van der Waals surface area contributed by atoms with E-state index in [4.69, 9.17) is 0 Å². The molecule has 5 nitrogen and oxygen atoms in total. The van der Waals surface area contributed by atoms with Gasteiger partial charge in [0, 0.05) is 23.6 Å². The number of urea groups is 1. The molecule has 2 aromatic carbocycles. The molecule has 2 amide bonds. The minimum Gasteiger partial charge on any atom is -0.308 e. The molecule has 0 aliphatic heterocycles. The molecule has 0 saturated heterocycles. The van der Waals surface area contributed by atoms with E-state index in [1.807, 2.05) is 35.0 Å². The van der Waals surface area contributed by atoms with Gasteiger partial charge < -0.3 is 15.0 Å². The summed E-state index contributed by atoms with van der Waals surface area (Å²) in [6.45, 7) is 0. The van der Waals surface area contributed by atoms with Crippen LogP contribution < -0.4 is 10.6 Å². The van der Waals surface area contributed by atoms with Crippen LogP contribution in [0.25, 0.3) is 16.9 Å². The third-order valence-corrected chi connectivity index (χ3v) is 4.00. The number of pyridine rings is 1. The number of hydrogen-bond donors (Lipinski definition) is 2. The Morgan fingerprint density at radius 2 is 1.63 bits per heavy atom. The first-order valence-corrected chi connectivity index (χ1v) is 8.16. The Labute approximate surface area is 153 Å². The number of aromatic nitrogens is 2. The molecule has 0 unspecified atom stereocenters. The van der Waals surface area contributed by atoms with Gasteiger partial charge >= 0.3 is 6.03 Å². The van der Waals surface area contributed by atoms with Crippen molar-refractivity contribution in [3.63, 3.8) is 0 Å². The Morgan fingerprint density at radius 1 is 0.889 bits per heavy atom. The highest BCUT2D eigenvalue weighted by Crippen LogP contribution is 2.22. The summed E-state index contributed by atoms with van der Waals surface area (Å²) < 4.78 is 29.1. The normalized spacial score (nSPS) is 10.7. The number of rotatable bonds is 3. The number of carbonyl (C=O) groups excluding carboxylic acids is 1. The number of fused-ring (bicyclic) bond motifs is 1. The first kappa shape index (κ1) is 16.7. The number of amides is 2. The molecule has 0 fully saturated rings. The number of hydrogen-bond acceptors (Lipinski definition) is 2. The second kappa shape index (κ2) is 6.87. The maximum Gasteiger partial charge on any atom is 0.323 e. The van der Waals surface area contributed by atoms with Crippen LogP contribution in [-0.4, -0.2) is 15.4 Å². The summed E-state index contributed by atoms with van der Waals surface area (Å²) in [4.78, 5) is 16.5. The quantitative estimate of drug-likeness (QED) is 0.542. The third kappa shape index (κ3) is 3.48. The zero-order valence-corrected chi connectivity index (χ0v) is 14.0. The second-order valence-corrected chi connectivity index (χ2v) is 5.85. The van der Waals surface area contributed by atoms with Crippen LogP contribution >= 0.6 is 0 Å². The lowest BCUT2D eigenvalue weighted by molar-refractivity contribution is 0.262. The van der Waals surface area contributed by atoms with Gasteiger partial charge in [0.1, 0.15) is 23.0 Å². The van der Waals surface area contributed by atoms with Crippen molar-refractivity contribution >= 4 is 23.1 Å². The number of benzene rings is 2. The van der Waals surface area contributed by atoms with Crippen LogP contribution in [0.2, 0.25) is 0 Å². The van der Waals surface area contributed by atoms with Crippen molar-refractivity contribution in [3.8, 4) is 11.3 Å². The predicted molar refractivity (Wildman–Crippen MR) is 99.6 cm³/mol. The zero-order chi connectivity index (χ0) is 18.8. The van der Waals surface area contributed by atoms with Crippen molar-refractivity contribution in [3.05, 3.63) is 84.7 Å². The Bertz CT molecular complexity index is 1070. The van der Waals surface area contributed by atoms with E-state index in [-0.39, 0.29) is 0 Å². The second-order valence-electron chi connectivity index (χ2n) is 5.85. The average molecular weight is 364 g/mol. The van der Waals surface area contributed by atoms with Crippen molar-refractivity contribution in [1.82, 2.24) is 9.38 Å². The maximum absolute atomic E-state index is 13.6. The predicted octanol–water partition coefficient (Wildman–Crippen LogP) is 4.92. The van der Waals surface area contributed by atoms with Crippen molar-refractivity contribution in [2.45, 2.75) is 0 Å². The third-order valence-electron chi connectivity index (χ3n) is 4.00. The number of para-hydroxylation sites is 1. The summed E-state index contributed by atoms with van der Waals surface area (Å²) in [5.74, 6) is -1.68. The number of carbonyl (C=O) groups is 1. The minimum atomic E-state index is -0.840. The van der Waals surface area contributed by atoms with E-state index in [1.54, 1.807) is 24.3 Å². The van der Waals surface area contributed by atoms with E-state index in [0.717, 1.165) is 29.0 Å². The fourth-order valence-electron chi connectivity index (χ4n) is 2.69. The van der Waals surface area contributed by atoms with Gasteiger partial charge in [-0.25, -0.2) is 18.6 Å². The van der Waals surface area contributed by atoms with Crippen molar-refractivity contribution in [2.75, 3.05) is 10.6 Å². The molecule has 0 saturated carbocycles. The molecule has 2 N–H and O–H groups in total. The fourth-order valence-corrected chi connectivity index (χ4v) is 2.69. The molecule has 4 rings (SSSR count). The summed E-state index contributed by atoms with van der Waals surface area (Å²) in [6.07, 6.45) is 3.82. The molecule has 7 heteroatoms. The first-order valence-electron chi connectivity index (χ1n) is 8.16. The van der Waals surface area contributed by atoms with E-state index in [1.165, 1.54) is 6.07 Å². The lowest BCUT2D eigenvalue weighted by Crippen LogP contribution is -2.20. The van der Waals surface area contributed by atoms with Crippen molar-refractivity contribution < 1.29 is 13.6 Å². The first-order chi connectivity index (χ1) is 13.1. The van der Waals surface area contributed by atoms with Gasteiger partial charge in [0.05, 0.1) is 5.69 Å². The van der Waals surface area contributed by atoms with Gasteiger partial charge in [0.25, 0.3) is 0 Å². The van der Waals surface area contributed by atoms with Gasteiger partial charge in [-0.05, 0) is 36.4 Å². The fraction of sp³-hybridized carbons (Fsp3) is 0. The van der Waals surface area contributed by atoms with E-state index in [0.29, 0.717) is 5.69 Å². The van der Waals surface area contributed by atoms with Gasteiger partial charge in [0.2, 0.25) is 0 Å². The Kier molecular flexibility index (Phi) is 4.25. The summed E-state index contributed by atoms with van der Waals surface area (Å²) in [5, 5.41) is 4.72. The van der Waals surface area contributed by atoms with Gasteiger partial charge in [-0.15, -0.1) is 0 Å². The molecule has 27 heavy (non-hydrogen) atoms. The summed E-state index contributed by atoms with van der Waals surface area (Å²) in [7, 11) is 0. The van der Waals surface area contributed by atoms with Crippen molar-refractivity contribution in [1.29, 1.82) is 0 Å². The molecular formula is C20H14F2N4O. The van der Waals surface area contributed by atoms with Crippen LogP contribution in [-0.2, 0) is 0 Å². The van der Waals surface area contributed by atoms with Crippen LogP contribution in [0, 0.1) is 11.6 Å². The number of halogens is 2. The Morgan fingerprint density at radius 3 is 2.33 bits per heavy atom. The number of imidazole rings is 1. The van der Waals surface area contributed by atoms with Crippen LogP contribution in [0.1, 0.15) is 0 Å². The number of nitrogens with one attached hydrogen (secondary N) is 2. The van der Waals surface area contributed by atoms with E-state index >= 15 is 0 Å². The van der Waals surface area contributed by atoms with Gasteiger partial charge in [-0.1, -0.05) is 24.3 Å². The van der Waals surface area contributed by atoms with Crippen LogP contribution in [0.15, 0.2) is 73.1 Å². The van der Waals surface area contributed by atoms with E-state index in [2.05, 4.69) is 15.6 Å². The monoisotopic (exact) mass is 364 g/mol. The molecule has 134 valence electrons. The van der Waals surface area contributed by atoms with E-state index in [9.17, 15) is 13.6 Å². The Hall–Kier alpha value is -3.74. The SMILES string of the molecule is O=C(Nc1ccc(-c2cn3ccccc3n2)cc1)Nc1c(F)cccc1F. The lowest BCUT2D eigenvalue weighted by atomic mass is 10.1. The Balaban J connectivity index is 1.48. The molecule has 0 bridgehead atoms. The summed E-state index contributed by atoms with van der Waals surface area (Å²) in [5.41, 5.74) is 2.50. The largest absolute Gasteiger partial charge is 0.323 e. The average Bonchev–Trinajstić information content (AvgIpc) is 3.10. The highest BCUT2D eigenvalue weighted by atomic mass is 19.1. The van der Waals surface area contributed by atoms with Crippen LogP contribution in [0.4, 0.5) is 25.0 Å². The lowest BCUT2D eigenvalue weighted by Gasteiger charge is -2.09. The molecule has 0 aliphatic carbocycles. The van der Waals surface area contributed by atoms with Crippen LogP contribution in [0.3, 0.4) is 0 Å². The van der Waals surface area contributed by atoms with Crippen LogP contribution in [0.5, 0.6) is 0 Å². The van der Waals surface area contributed by atoms with E-state index < -0.39 is 23.4 Å². The minimum absolute atomic E-state index is 0.483. The maximum atomic E-state index is 13.6. The van der Waals surface area contributed by atoms with Gasteiger partial charge in [0.15, 0.2) is 0 Å². The molecule has 0 aliphatic rings. The van der Waals surface area contributed by atoms with Crippen molar-refractivity contribution in [2.24, 2.45) is 0 Å². The summed E-state index contributed by atoms with van der Waals surface area (Å²) in [6, 6.07) is 15.4. The topological polar surface area (TPSA) is 58.4 Å². The summed E-state index contributed by atoms with van der Waals surface area (Å²) >= 11 is 0. The highest BCUT2D eigenvalue weighted by molar-refractivity contribution is 6.00. The highest BCUT2D eigenvalue weighted by Gasteiger charge is 2.12. The standard InChI is InChI=1S/C20H14F2N4O/c21-15-4-3-5-16(22)19(15)25-20(27)23-14-9-7-13(8-10-14)17-12-26-11-2-1-6-18(26)24-17/h1-12H,(H2,23,25,27). The molecule has 4 aromatic rings. The molecule has 0 atom stereocenters. The smallest absolute Gasteiger partial charge is 0.308 e.